The standard InChI is InChI=1S/C32H26Cl2F2O4S/c1-39-27-13-5-23(6-14-27)31(17-9-21-3-11-25(35)19-29(21)33)41(37,38)32(24-7-15-28(40-2)16-8-24)18-10-22-4-12-26(36)20-30(22)34/h3-20,31-32H,1-2H3. The lowest BCUT2D eigenvalue weighted by Gasteiger charge is -2.22. The topological polar surface area (TPSA) is 52.6 Å². The Balaban J connectivity index is 1.86. The van der Waals surface area contributed by atoms with Gasteiger partial charge in [-0.2, -0.15) is 0 Å². The van der Waals surface area contributed by atoms with Gasteiger partial charge < -0.3 is 9.47 Å². The Hall–Kier alpha value is -3.65. The summed E-state index contributed by atoms with van der Waals surface area (Å²) < 4.78 is 66.8. The van der Waals surface area contributed by atoms with Gasteiger partial charge in [0, 0.05) is 0 Å². The van der Waals surface area contributed by atoms with Crippen molar-refractivity contribution in [2.24, 2.45) is 0 Å². The number of ether oxygens (including phenoxy) is 2. The zero-order chi connectivity index (χ0) is 29.6. The molecule has 0 saturated heterocycles. The molecule has 0 aliphatic rings. The molecule has 4 aromatic rings. The van der Waals surface area contributed by atoms with Gasteiger partial charge in [-0.1, -0.05) is 83.9 Å². The van der Waals surface area contributed by atoms with Crippen LogP contribution >= 0.6 is 23.2 Å². The number of benzene rings is 4. The maximum absolute atomic E-state index is 14.5. The van der Waals surface area contributed by atoms with Crippen LogP contribution in [0.15, 0.2) is 97.1 Å². The third-order valence-corrected chi connectivity index (χ3v) is 9.35. The third-order valence-electron chi connectivity index (χ3n) is 6.42. The van der Waals surface area contributed by atoms with Gasteiger partial charge in [-0.25, -0.2) is 17.2 Å². The largest absolute Gasteiger partial charge is 0.497 e. The highest BCUT2D eigenvalue weighted by atomic mass is 35.5. The van der Waals surface area contributed by atoms with Gasteiger partial charge in [0.05, 0.1) is 24.3 Å². The predicted molar refractivity (Wildman–Crippen MR) is 161 cm³/mol. The van der Waals surface area contributed by atoms with Crippen LogP contribution in [0.3, 0.4) is 0 Å². The fourth-order valence-electron chi connectivity index (χ4n) is 4.22. The lowest BCUT2D eigenvalue weighted by molar-refractivity contribution is 0.414. The summed E-state index contributed by atoms with van der Waals surface area (Å²) in [5.74, 6) is 0.118. The van der Waals surface area contributed by atoms with Crippen LogP contribution in [-0.2, 0) is 9.84 Å². The first-order valence-corrected chi connectivity index (χ1v) is 14.8. The minimum absolute atomic E-state index is 0.143. The molecule has 0 spiro atoms. The Bertz CT molecular complexity index is 1550. The number of halogens is 4. The van der Waals surface area contributed by atoms with Crippen molar-refractivity contribution in [3.63, 3.8) is 0 Å². The average molecular weight is 616 g/mol. The van der Waals surface area contributed by atoms with Crippen LogP contribution in [0.1, 0.15) is 32.8 Å². The molecule has 4 nitrogen and oxygen atoms in total. The Labute approximate surface area is 248 Å². The van der Waals surface area contributed by atoms with Gasteiger partial charge in [-0.05, 0) is 70.8 Å². The molecule has 0 saturated carbocycles. The summed E-state index contributed by atoms with van der Waals surface area (Å²) >= 11 is 12.4. The molecule has 4 aromatic carbocycles. The van der Waals surface area contributed by atoms with Crippen LogP contribution in [-0.4, -0.2) is 22.6 Å². The van der Waals surface area contributed by atoms with E-state index < -0.39 is 32.0 Å². The van der Waals surface area contributed by atoms with Crippen molar-refractivity contribution in [1.82, 2.24) is 0 Å². The fourth-order valence-corrected chi connectivity index (χ4v) is 6.67. The second-order valence-electron chi connectivity index (χ2n) is 9.03. The SMILES string of the molecule is COc1ccc(C(C=Cc2ccc(F)cc2Cl)S(=O)(=O)C(C=Cc2ccc(F)cc2Cl)c2ccc(OC)cc2)cc1. The third kappa shape index (κ3) is 7.36. The van der Waals surface area contributed by atoms with Crippen LogP contribution in [0, 0.1) is 11.6 Å². The zero-order valence-electron chi connectivity index (χ0n) is 22.1. The predicted octanol–water partition coefficient (Wildman–Crippen LogP) is 8.91. The smallest absolute Gasteiger partial charge is 0.171 e. The normalized spacial score (nSPS) is 13.4. The molecular weight excluding hydrogens is 589 g/mol. The molecule has 2 unspecified atom stereocenters. The van der Waals surface area contributed by atoms with Gasteiger partial charge >= 0.3 is 0 Å². The highest BCUT2D eigenvalue weighted by molar-refractivity contribution is 7.92. The van der Waals surface area contributed by atoms with Crippen molar-refractivity contribution in [3.05, 3.63) is 141 Å². The molecule has 0 N–H and O–H groups in total. The lowest BCUT2D eigenvalue weighted by Crippen LogP contribution is -2.19. The van der Waals surface area contributed by atoms with E-state index in [1.54, 1.807) is 60.7 Å². The van der Waals surface area contributed by atoms with E-state index in [9.17, 15) is 17.2 Å². The van der Waals surface area contributed by atoms with Gasteiger partial charge in [-0.15, -0.1) is 0 Å². The Morgan fingerprint density at radius 2 is 1.00 bits per heavy atom. The number of rotatable bonds is 10. The molecule has 0 aliphatic carbocycles. The summed E-state index contributed by atoms with van der Waals surface area (Å²) in [6.07, 6.45) is 6.15. The maximum Gasteiger partial charge on any atom is 0.171 e. The molecule has 0 radical (unpaired) electrons. The second kappa shape index (κ2) is 13.3. The Morgan fingerprint density at radius 3 is 1.32 bits per heavy atom. The van der Waals surface area contributed by atoms with E-state index in [1.807, 2.05) is 0 Å². The van der Waals surface area contributed by atoms with E-state index in [0.29, 0.717) is 33.8 Å². The minimum Gasteiger partial charge on any atom is -0.497 e. The zero-order valence-corrected chi connectivity index (χ0v) is 24.4. The van der Waals surface area contributed by atoms with Crippen LogP contribution in [0.4, 0.5) is 8.78 Å². The van der Waals surface area contributed by atoms with Crippen molar-refractivity contribution in [1.29, 1.82) is 0 Å². The van der Waals surface area contributed by atoms with Gasteiger partial charge in [0.2, 0.25) is 0 Å². The molecule has 9 heteroatoms. The summed E-state index contributed by atoms with van der Waals surface area (Å²) in [4.78, 5) is 0. The van der Waals surface area contributed by atoms with Gasteiger partial charge in [0.25, 0.3) is 0 Å². The summed E-state index contributed by atoms with van der Waals surface area (Å²) in [6.45, 7) is 0. The maximum atomic E-state index is 14.5. The molecule has 0 aliphatic heterocycles. The number of sulfone groups is 1. The lowest BCUT2D eigenvalue weighted by atomic mass is 10.1. The molecule has 0 amide bonds. The molecule has 0 fully saturated rings. The summed E-state index contributed by atoms with van der Waals surface area (Å²) in [6, 6.07) is 21.1. The van der Waals surface area contributed by atoms with Crippen LogP contribution in [0.25, 0.3) is 12.2 Å². The van der Waals surface area contributed by atoms with Crippen molar-refractivity contribution < 1.29 is 26.7 Å². The minimum atomic E-state index is -4.08. The molecule has 4 rings (SSSR count). The molecule has 212 valence electrons. The van der Waals surface area contributed by atoms with E-state index in [1.165, 1.54) is 50.6 Å². The number of hydrogen-bond donors (Lipinski definition) is 0. The van der Waals surface area contributed by atoms with Crippen LogP contribution in [0.5, 0.6) is 11.5 Å². The first-order valence-electron chi connectivity index (χ1n) is 12.4. The quantitative estimate of drug-likeness (QED) is 0.179. The molecule has 2 atom stereocenters. The second-order valence-corrected chi connectivity index (χ2v) is 12.0. The van der Waals surface area contributed by atoms with Crippen LogP contribution < -0.4 is 9.47 Å². The monoisotopic (exact) mass is 614 g/mol. The van der Waals surface area contributed by atoms with Crippen molar-refractivity contribution in [2.45, 2.75) is 10.5 Å². The van der Waals surface area contributed by atoms with Crippen LogP contribution in [0.2, 0.25) is 10.0 Å². The highest BCUT2D eigenvalue weighted by Crippen LogP contribution is 2.39. The number of methoxy groups -OCH3 is 2. The molecule has 41 heavy (non-hydrogen) atoms. The van der Waals surface area contributed by atoms with E-state index in [0.717, 1.165) is 12.1 Å². The molecule has 0 heterocycles. The number of hydrogen-bond acceptors (Lipinski definition) is 4. The van der Waals surface area contributed by atoms with E-state index >= 15 is 0 Å². The summed E-state index contributed by atoms with van der Waals surface area (Å²) in [5, 5.41) is -2.00. The van der Waals surface area contributed by atoms with Crippen molar-refractivity contribution in [3.8, 4) is 11.5 Å². The highest BCUT2D eigenvalue weighted by Gasteiger charge is 2.33. The molecule has 0 aromatic heterocycles. The van der Waals surface area contributed by atoms with Gasteiger partial charge in [0.1, 0.15) is 33.6 Å². The average Bonchev–Trinajstić information content (AvgIpc) is 2.95. The summed E-state index contributed by atoms with van der Waals surface area (Å²) in [7, 11) is -1.04. The van der Waals surface area contributed by atoms with E-state index in [4.69, 9.17) is 32.7 Å². The summed E-state index contributed by atoms with van der Waals surface area (Å²) in [5.41, 5.74) is 1.87. The van der Waals surface area contributed by atoms with Gasteiger partial charge in [0.15, 0.2) is 9.84 Å². The van der Waals surface area contributed by atoms with Gasteiger partial charge in [-0.3, -0.25) is 0 Å². The fraction of sp³-hybridized carbons (Fsp3) is 0.125. The first kappa shape index (κ1) is 30.3. The first-order chi connectivity index (χ1) is 19.6. The van der Waals surface area contributed by atoms with Crippen molar-refractivity contribution >= 4 is 45.2 Å². The Kier molecular flexibility index (Phi) is 9.86. The Morgan fingerprint density at radius 1 is 0.634 bits per heavy atom. The molecule has 0 bridgehead atoms. The van der Waals surface area contributed by atoms with E-state index in [-0.39, 0.29) is 10.0 Å². The van der Waals surface area contributed by atoms with Crippen molar-refractivity contribution in [2.75, 3.05) is 14.2 Å². The van der Waals surface area contributed by atoms with E-state index in [2.05, 4.69) is 0 Å². The molecular formula is C32H26Cl2F2O4S.